The third-order valence-corrected chi connectivity index (χ3v) is 4.56. The Kier molecular flexibility index (Phi) is 6.28. The lowest BCUT2D eigenvalue weighted by Gasteiger charge is -2.39. The molecular formula is C18H23F3N2O3. The zero-order chi connectivity index (χ0) is 19.4. The van der Waals surface area contributed by atoms with E-state index in [-0.39, 0.29) is 18.0 Å². The van der Waals surface area contributed by atoms with Gasteiger partial charge in [0.25, 0.3) is 5.91 Å². The van der Waals surface area contributed by atoms with Crippen LogP contribution in [0.4, 0.5) is 13.2 Å². The molecule has 0 bridgehead atoms. The van der Waals surface area contributed by atoms with Crippen molar-refractivity contribution in [1.29, 1.82) is 0 Å². The van der Waals surface area contributed by atoms with E-state index in [1.807, 2.05) is 0 Å². The molecule has 0 radical (unpaired) electrons. The minimum absolute atomic E-state index is 0.0242. The number of hydrogen-bond donors (Lipinski definition) is 1. The molecule has 0 aliphatic carbocycles. The molecule has 1 aliphatic rings. The third-order valence-electron chi connectivity index (χ3n) is 4.56. The van der Waals surface area contributed by atoms with Gasteiger partial charge in [0.2, 0.25) is 5.91 Å². The normalized spacial score (nSPS) is 20.7. The van der Waals surface area contributed by atoms with Gasteiger partial charge in [0.05, 0.1) is 17.6 Å². The first-order valence-electron chi connectivity index (χ1n) is 8.41. The molecule has 1 aliphatic heterocycles. The van der Waals surface area contributed by atoms with Gasteiger partial charge in [-0.3, -0.25) is 9.59 Å². The first kappa shape index (κ1) is 20.2. The number of alkyl halides is 3. The summed E-state index contributed by atoms with van der Waals surface area (Å²) in [5.41, 5.74) is -1.66. The lowest BCUT2D eigenvalue weighted by molar-refractivity contribution is -0.137. The number of amides is 2. The highest BCUT2D eigenvalue weighted by Gasteiger charge is 2.39. The number of likely N-dealkylation sites (tertiary alicyclic amines) is 1. The second-order valence-corrected chi connectivity index (χ2v) is 6.72. The fraction of sp³-hybridized carbons (Fsp3) is 0.556. The molecule has 1 aromatic carbocycles. The summed E-state index contributed by atoms with van der Waals surface area (Å²) in [5, 5.41) is 2.77. The second kappa shape index (κ2) is 8.07. The SMILES string of the molecule is COCCNC(=O)C1(C)CCCN(C(=O)c2cccc(C(F)(F)F)c2)C1. The van der Waals surface area contributed by atoms with Crippen molar-refractivity contribution in [3.05, 3.63) is 35.4 Å². The summed E-state index contributed by atoms with van der Waals surface area (Å²) in [6.45, 7) is 3.10. The molecular weight excluding hydrogens is 349 g/mol. The van der Waals surface area contributed by atoms with Crippen LogP contribution in [0.1, 0.15) is 35.7 Å². The van der Waals surface area contributed by atoms with Crippen molar-refractivity contribution in [3.63, 3.8) is 0 Å². The number of carbonyl (C=O) groups excluding carboxylic acids is 2. The van der Waals surface area contributed by atoms with Gasteiger partial charge >= 0.3 is 6.18 Å². The topological polar surface area (TPSA) is 58.6 Å². The minimum Gasteiger partial charge on any atom is -0.383 e. The minimum atomic E-state index is -4.51. The molecule has 144 valence electrons. The summed E-state index contributed by atoms with van der Waals surface area (Å²) in [4.78, 5) is 26.5. The largest absolute Gasteiger partial charge is 0.416 e. The summed E-state index contributed by atoms with van der Waals surface area (Å²) in [6.07, 6.45) is -3.29. The van der Waals surface area contributed by atoms with Gasteiger partial charge in [-0.1, -0.05) is 6.07 Å². The van der Waals surface area contributed by atoms with Gasteiger partial charge in [-0.05, 0) is 38.0 Å². The van der Waals surface area contributed by atoms with Crippen LogP contribution < -0.4 is 5.32 Å². The molecule has 1 atom stereocenters. The Bertz CT molecular complexity index is 663. The number of ether oxygens (including phenoxy) is 1. The Labute approximate surface area is 150 Å². The second-order valence-electron chi connectivity index (χ2n) is 6.72. The Balaban J connectivity index is 2.11. The summed E-state index contributed by atoms with van der Waals surface area (Å²) < 4.78 is 43.5. The van der Waals surface area contributed by atoms with Gasteiger partial charge in [0.15, 0.2) is 0 Å². The van der Waals surface area contributed by atoms with Crippen LogP contribution in [0.2, 0.25) is 0 Å². The van der Waals surface area contributed by atoms with Crippen LogP contribution in [0.3, 0.4) is 0 Å². The van der Waals surface area contributed by atoms with E-state index in [1.54, 1.807) is 6.92 Å². The molecule has 1 fully saturated rings. The summed E-state index contributed by atoms with van der Waals surface area (Å²) >= 11 is 0. The lowest BCUT2D eigenvalue weighted by atomic mass is 9.80. The lowest BCUT2D eigenvalue weighted by Crippen LogP contribution is -2.52. The smallest absolute Gasteiger partial charge is 0.383 e. The molecule has 0 spiro atoms. The van der Waals surface area contributed by atoms with Crippen molar-refractivity contribution in [3.8, 4) is 0 Å². The molecule has 5 nitrogen and oxygen atoms in total. The van der Waals surface area contributed by atoms with Crippen LogP contribution in [0.15, 0.2) is 24.3 Å². The molecule has 1 unspecified atom stereocenters. The molecule has 2 amide bonds. The number of rotatable bonds is 5. The third kappa shape index (κ3) is 4.75. The highest BCUT2D eigenvalue weighted by atomic mass is 19.4. The first-order valence-corrected chi connectivity index (χ1v) is 8.41. The number of carbonyl (C=O) groups is 2. The maximum atomic E-state index is 12.9. The van der Waals surface area contributed by atoms with E-state index < -0.39 is 23.1 Å². The van der Waals surface area contributed by atoms with E-state index in [0.29, 0.717) is 32.5 Å². The number of nitrogens with one attached hydrogen (secondary N) is 1. The van der Waals surface area contributed by atoms with E-state index in [1.165, 1.54) is 24.1 Å². The fourth-order valence-corrected chi connectivity index (χ4v) is 3.09. The zero-order valence-electron chi connectivity index (χ0n) is 14.9. The fourth-order valence-electron chi connectivity index (χ4n) is 3.09. The van der Waals surface area contributed by atoms with Crippen molar-refractivity contribution < 1.29 is 27.5 Å². The van der Waals surface area contributed by atoms with Crippen LogP contribution in [-0.4, -0.2) is 50.1 Å². The Morgan fingerprint density at radius 2 is 2.08 bits per heavy atom. The van der Waals surface area contributed by atoms with Gasteiger partial charge in [0.1, 0.15) is 0 Å². The molecule has 1 N–H and O–H groups in total. The predicted octanol–water partition coefficient (Wildman–Crippen LogP) is 2.71. The highest BCUT2D eigenvalue weighted by molar-refractivity contribution is 5.95. The van der Waals surface area contributed by atoms with Crippen molar-refractivity contribution in [2.45, 2.75) is 25.9 Å². The average Bonchev–Trinajstić information content (AvgIpc) is 2.60. The predicted molar refractivity (Wildman–Crippen MR) is 89.6 cm³/mol. The number of piperidine rings is 1. The molecule has 1 aromatic rings. The number of halogens is 3. The van der Waals surface area contributed by atoms with E-state index >= 15 is 0 Å². The van der Waals surface area contributed by atoms with Crippen molar-refractivity contribution in [1.82, 2.24) is 10.2 Å². The van der Waals surface area contributed by atoms with Crippen molar-refractivity contribution in [2.24, 2.45) is 5.41 Å². The van der Waals surface area contributed by atoms with Gasteiger partial charge in [-0.2, -0.15) is 13.2 Å². The van der Waals surface area contributed by atoms with E-state index in [2.05, 4.69) is 5.32 Å². The van der Waals surface area contributed by atoms with Crippen LogP contribution in [-0.2, 0) is 15.7 Å². The number of methoxy groups -OCH3 is 1. The quantitative estimate of drug-likeness (QED) is 0.809. The van der Waals surface area contributed by atoms with Crippen LogP contribution in [0, 0.1) is 5.41 Å². The monoisotopic (exact) mass is 372 g/mol. The van der Waals surface area contributed by atoms with Crippen LogP contribution >= 0.6 is 0 Å². The number of hydrogen-bond acceptors (Lipinski definition) is 3. The van der Waals surface area contributed by atoms with Gasteiger partial charge in [-0.15, -0.1) is 0 Å². The first-order chi connectivity index (χ1) is 12.2. The molecule has 1 heterocycles. The summed E-state index contributed by atoms with van der Waals surface area (Å²) in [5.74, 6) is -0.678. The van der Waals surface area contributed by atoms with Gasteiger partial charge in [-0.25, -0.2) is 0 Å². The molecule has 0 saturated carbocycles. The maximum absolute atomic E-state index is 12.9. The number of nitrogens with zero attached hydrogens (tertiary/aromatic N) is 1. The Morgan fingerprint density at radius 1 is 1.35 bits per heavy atom. The maximum Gasteiger partial charge on any atom is 0.416 e. The Hall–Kier alpha value is -2.09. The van der Waals surface area contributed by atoms with Gasteiger partial charge < -0.3 is 15.0 Å². The average molecular weight is 372 g/mol. The van der Waals surface area contributed by atoms with Crippen molar-refractivity contribution >= 4 is 11.8 Å². The Morgan fingerprint density at radius 3 is 2.73 bits per heavy atom. The van der Waals surface area contributed by atoms with E-state index in [0.717, 1.165) is 12.1 Å². The molecule has 1 saturated heterocycles. The standard InChI is InChI=1S/C18H23F3N2O3/c1-17(16(25)22-8-10-26-2)7-4-9-23(12-17)15(24)13-5-3-6-14(11-13)18(19,20)21/h3,5-6,11H,4,7-10,12H2,1-2H3,(H,22,25). The van der Waals surface area contributed by atoms with Gasteiger partial charge in [0, 0.05) is 32.3 Å². The molecule has 26 heavy (non-hydrogen) atoms. The van der Waals surface area contributed by atoms with Crippen molar-refractivity contribution in [2.75, 3.05) is 33.4 Å². The zero-order valence-corrected chi connectivity index (χ0v) is 14.9. The van der Waals surface area contributed by atoms with Crippen LogP contribution in [0.25, 0.3) is 0 Å². The van der Waals surface area contributed by atoms with E-state index in [4.69, 9.17) is 4.74 Å². The number of benzene rings is 1. The molecule has 8 heteroatoms. The molecule has 0 aromatic heterocycles. The molecule has 2 rings (SSSR count). The van der Waals surface area contributed by atoms with E-state index in [9.17, 15) is 22.8 Å². The highest BCUT2D eigenvalue weighted by Crippen LogP contribution is 2.32. The summed E-state index contributed by atoms with van der Waals surface area (Å²) in [6, 6.07) is 4.37. The van der Waals surface area contributed by atoms with Crippen LogP contribution in [0.5, 0.6) is 0 Å². The summed E-state index contributed by atoms with van der Waals surface area (Å²) in [7, 11) is 1.53.